The van der Waals surface area contributed by atoms with Gasteiger partial charge in [0.15, 0.2) is 6.61 Å². The third-order valence-corrected chi connectivity index (χ3v) is 1.43. The number of halogens is 1. The van der Waals surface area contributed by atoms with E-state index in [-0.39, 0.29) is 29.0 Å². The molecular weight excluding hydrogens is 377 g/mol. The topological polar surface area (TPSA) is 46.5 Å². The maximum atomic E-state index is 10.1. The second-order valence-corrected chi connectivity index (χ2v) is 2.57. The van der Waals surface area contributed by atoms with Gasteiger partial charge < -0.3 is 9.84 Å². The van der Waals surface area contributed by atoms with Crippen molar-refractivity contribution < 1.29 is 37.0 Å². The van der Waals surface area contributed by atoms with Crippen LogP contribution >= 0.6 is 11.6 Å². The summed E-state index contributed by atoms with van der Waals surface area (Å²) in [7, 11) is 0. The molecule has 1 radical (unpaired) electrons. The van der Waals surface area contributed by atoms with Gasteiger partial charge in [0.05, 0.1) is 0 Å². The molecule has 75 valence electrons. The van der Waals surface area contributed by atoms with Gasteiger partial charge in [-0.3, -0.25) is 0 Å². The minimum absolute atomic E-state index is 0. The first kappa shape index (κ1) is 12.5. The van der Waals surface area contributed by atoms with Crippen molar-refractivity contribution in [1.82, 2.24) is 0 Å². The number of aliphatic carboxylic acids is 1. The molecule has 0 saturated carbocycles. The van der Waals surface area contributed by atoms with Gasteiger partial charge in [0.2, 0.25) is 0 Å². The molecule has 0 bridgehead atoms. The summed E-state index contributed by atoms with van der Waals surface area (Å²) < 4.78 is 4.86. The predicted molar refractivity (Wildman–Crippen MR) is 44.6 cm³/mol. The van der Waals surface area contributed by atoms with Gasteiger partial charge in [0, 0.05) is 27.4 Å². The Labute approximate surface area is 96.2 Å². The summed E-state index contributed by atoms with van der Waals surface area (Å²) in [6.07, 6.45) is 0. The minimum Gasteiger partial charge on any atom is -0.482 e. The third-order valence-electron chi connectivity index (χ3n) is 1.18. The summed E-state index contributed by atoms with van der Waals surface area (Å²) in [4.78, 5) is 10.1. The average Bonchev–Trinajstić information content (AvgIpc) is 2.03. The van der Waals surface area contributed by atoms with E-state index in [1.807, 2.05) is 0 Å². The van der Waals surface area contributed by atoms with E-state index in [9.17, 15) is 4.79 Å². The van der Waals surface area contributed by atoms with Crippen LogP contribution in [-0.2, 0) is 27.2 Å². The van der Waals surface area contributed by atoms with Gasteiger partial charge in [-0.05, 0) is 24.3 Å². The molecule has 0 fully saturated rings. The van der Waals surface area contributed by atoms with Crippen molar-refractivity contribution in [2.75, 3.05) is 6.61 Å². The molecule has 13 heavy (non-hydrogen) atoms. The Kier molecular flexibility index (Phi) is 5.82. The van der Waals surface area contributed by atoms with Crippen molar-refractivity contribution in [2.45, 2.75) is 0 Å². The number of benzene rings is 1. The summed E-state index contributed by atoms with van der Waals surface area (Å²) >= 11 is 5.60. The number of hydrogen-bond acceptors (Lipinski definition) is 2. The molecule has 0 aliphatic heterocycles. The molecule has 1 rings (SSSR count). The fourth-order valence-electron chi connectivity index (χ4n) is 0.676. The maximum Gasteiger partial charge on any atom is 0.341 e. The monoisotopic (exact) mass is 383 g/mol. The molecule has 0 saturated heterocycles. The van der Waals surface area contributed by atoms with Crippen LogP contribution in [-0.4, -0.2) is 17.7 Å². The van der Waals surface area contributed by atoms with Crippen LogP contribution in [0.5, 0.6) is 5.75 Å². The Morgan fingerprint density at radius 3 is 2.38 bits per heavy atom. The number of hydrogen-bond donors (Lipinski definition) is 1. The number of ether oxygens (including phenoxy) is 1. The van der Waals surface area contributed by atoms with Gasteiger partial charge in [-0.2, -0.15) is 0 Å². The third kappa shape index (κ3) is 4.95. The first-order valence-electron chi connectivity index (χ1n) is 3.28. The standard InChI is InChI=1S/C8H7ClO3.Au/c9-6-1-3-7(4-2-6)12-5-8(10)11;/h1-4H,5H2,(H,10,11);. The largest absolute Gasteiger partial charge is 0.482 e. The van der Waals surface area contributed by atoms with Crippen LogP contribution in [0, 0.1) is 0 Å². The fourth-order valence-corrected chi connectivity index (χ4v) is 0.802. The van der Waals surface area contributed by atoms with Crippen molar-refractivity contribution in [2.24, 2.45) is 0 Å². The molecule has 3 nitrogen and oxygen atoms in total. The van der Waals surface area contributed by atoms with Crippen molar-refractivity contribution in [3.05, 3.63) is 29.3 Å². The summed E-state index contributed by atoms with van der Waals surface area (Å²) in [5.74, 6) is -0.494. The van der Waals surface area contributed by atoms with Gasteiger partial charge in [-0.1, -0.05) is 11.6 Å². The van der Waals surface area contributed by atoms with E-state index in [0.717, 1.165) is 0 Å². The molecule has 0 heterocycles. The van der Waals surface area contributed by atoms with E-state index in [1.54, 1.807) is 24.3 Å². The molecule has 1 aromatic carbocycles. The van der Waals surface area contributed by atoms with E-state index in [1.165, 1.54) is 0 Å². The van der Waals surface area contributed by atoms with Crippen molar-refractivity contribution in [1.29, 1.82) is 0 Å². The number of carboxylic acids is 1. The van der Waals surface area contributed by atoms with Crippen LogP contribution in [0.15, 0.2) is 24.3 Å². The fraction of sp³-hybridized carbons (Fsp3) is 0.125. The number of carboxylic acid groups (broad SMARTS) is 1. The molecular formula is C8H7AuClO3. The second-order valence-electron chi connectivity index (χ2n) is 2.14. The molecule has 0 aliphatic carbocycles. The van der Waals surface area contributed by atoms with Gasteiger partial charge in [0.1, 0.15) is 5.75 Å². The van der Waals surface area contributed by atoms with Crippen LogP contribution < -0.4 is 4.74 Å². The summed E-state index contributed by atoms with van der Waals surface area (Å²) in [5.41, 5.74) is 0. The molecule has 1 N–H and O–H groups in total. The molecule has 0 atom stereocenters. The first-order chi connectivity index (χ1) is 5.68. The van der Waals surface area contributed by atoms with E-state index in [0.29, 0.717) is 10.8 Å². The Hall–Kier alpha value is -0.480. The Bertz CT molecular complexity index is 273. The number of carbonyl (C=O) groups is 1. The van der Waals surface area contributed by atoms with Crippen molar-refractivity contribution >= 4 is 17.6 Å². The van der Waals surface area contributed by atoms with Gasteiger partial charge in [-0.25, -0.2) is 4.79 Å². The van der Waals surface area contributed by atoms with Crippen LogP contribution in [0.4, 0.5) is 0 Å². The Morgan fingerprint density at radius 1 is 1.38 bits per heavy atom. The van der Waals surface area contributed by atoms with Crippen LogP contribution in [0.3, 0.4) is 0 Å². The molecule has 0 spiro atoms. The maximum absolute atomic E-state index is 10.1. The van der Waals surface area contributed by atoms with Gasteiger partial charge in [-0.15, -0.1) is 0 Å². The van der Waals surface area contributed by atoms with E-state index >= 15 is 0 Å². The van der Waals surface area contributed by atoms with E-state index in [2.05, 4.69) is 0 Å². The average molecular weight is 384 g/mol. The Balaban J connectivity index is 0.00000144. The number of rotatable bonds is 3. The van der Waals surface area contributed by atoms with Crippen molar-refractivity contribution in [3.8, 4) is 5.75 Å². The second kappa shape index (κ2) is 6.05. The van der Waals surface area contributed by atoms with Gasteiger partial charge >= 0.3 is 5.97 Å². The van der Waals surface area contributed by atoms with Crippen LogP contribution in [0.25, 0.3) is 0 Å². The SMILES string of the molecule is O=C(O)COc1ccc(Cl)cc1.[Au]. The van der Waals surface area contributed by atoms with Crippen LogP contribution in [0.2, 0.25) is 5.02 Å². The van der Waals surface area contributed by atoms with Gasteiger partial charge in [0.25, 0.3) is 0 Å². The smallest absolute Gasteiger partial charge is 0.341 e. The van der Waals surface area contributed by atoms with Crippen LogP contribution in [0.1, 0.15) is 0 Å². The molecule has 0 amide bonds. The molecule has 1 aromatic rings. The summed E-state index contributed by atoms with van der Waals surface area (Å²) in [6, 6.07) is 6.51. The minimum atomic E-state index is -0.995. The van der Waals surface area contributed by atoms with Crippen molar-refractivity contribution in [3.63, 3.8) is 0 Å². The zero-order valence-electron chi connectivity index (χ0n) is 6.46. The van der Waals surface area contributed by atoms with E-state index < -0.39 is 5.97 Å². The predicted octanol–water partition coefficient (Wildman–Crippen LogP) is 1.80. The molecule has 0 unspecified atom stereocenters. The Morgan fingerprint density at radius 2 is 1.92 bits per heavy atom. The summed E-state index contributed by atoms with van der Waals surface area (Å²) in [6.45, 7) is -0.332. The molecule has 0 aliphatic rings. The molecule has 5 heteroatoms. The molecule has 0 aromatic heterocycles. The zero-order chi connectivity index (χ0) is 8.97. The summed E-state index contributed by atoms with van der Waals surface area (Å²) in [5, 5.41) is 8.87. The zero-order valence-corrected chi connectivity index (χ0v) is 9.38. The van der Waals surface area contributed by atoms with E-state index in [4.69, 9.17) is 21.4 Å². The normalized spacial score (nSPS) is 8.69. The quantitative estimate of drug-likeness (QED) is 0.810. The first-order valence-corrected chi connectivity index (χ1v) is 3.66.